The first-order valence-electron chi connectivity index (χ1n) is 5.41. The highest BCUT2D eigenvalue weighted by molar-refractivity contribution is 7.90. The van der Waals surface area contributed by atoms with Crippen molar-refractivity contribution in [2.45, 2.75) is 19.9 Å². The lowest BCUT2D eigenvalue weighted by Crippen LogP contribution is -2.15. The molecular weight excluding hydrogens is 258 g/mol. The van der Waals surface area contributed by atoms with E-state index in [0.717, 1.165) is 6.26 Å². The van der Waals surface area contributed by atoms with Crippen LogP contribution in [-0.4, -0.2) is 43.1 Å². The summed E-state index contributed by atoms with van der Waals surface area (Å²) >= 11 is 0. The van der Waals surface area contributed by atoms with Crippen LogP contribution in [-0.2, 0) is 27.5 Å². The summed E-state index contributed by atoms with van der Waals surface area (Å²) in [5.41, 5.74) is 5.82. The Balaban J connectivity index is 3.10. The number of nitrogens with two attached hydrogens (primary N) is 1. The van der Waals surface area contributed by atoms with Gasteiger partial charge in [0.25, 0.3) is 0 Å². The Morgan fingerprint density at radius 2 is 2.11 bits per heavy atom. The zero-order valence-corrected chi connectivity index (χ0v) is 11.5. The van der Waals surface area contributed by atoms with Crippen LogP contribution in [0.1, 0.15) is 23.2 Å². The zero-order valence-electron chi connectivity index (χ0n) is 10.6. The van der Waals surface area contributed by atoms with Crippen LogP contribution in [0, 0.1) is 0 Å². The van der Waals surface area contributed by atoms with Gasteiger partial charge in [0.2, 0.25) is 0 Å². The van der Waals surface area contributed by atoms with Crippen LogP contribution in [0.15, 0.2) is 0 Å². The Morgan fingerprint density at radius 3 is 2.56 bits per heavy atom. The number of nitrogen functional groups attached to an aromatic ring is 1. The third-order valence-corrected chi connectivity index (χ3v) is 3.39. The molecule has 0 aliphatic carbocycles. The van der Waals surface area contributed by atoms with Crippen LogP contribution in [0.2, 0.25) is 0 Å². The predicted molar refractivity (Wildman–Crippen MR) is 67.1 cm³/mol. The highest BCUT2D eigenvalue weighted by atomic mass is 32.2. The number of nitrogens with zero attached hydrogens (tertiary/aromatic N) is 2. The number of hydrogen-bond acceptors (Lipinski definition) is 6. The second-order valence-corrected chi connectivity index (χ2v) is 6.15. The fourth-order valence-electron chi connectivity index (χ4n) is 1.54. The summed E-state index contributed by atoms with van der Waals surface area (Å²) in [6.07, 6.45) is 1.69. The normalized spacial score (nSPS) is 11.5. The molecular formula is C10H17N3O4S. The maximum Gasteiger partial charge on any atom is 0.360 e. The van der Waals surface area contributed by atoms with E-state index >= 15 is 0 Å². The van der Waals surface area contributed by atoms with Crippen LogP contribution >= 0.6 is 0 Å². The van der Waals surface area contributed by atoms with Crippen molar-refractivity contribution in [3.63, 3.8) is 0 Å². The molecule has 0 spiro atoms. The Labute approximate surface area is 106 Å². The zero-order chi connectivity index (χ0) is 13.9. The minimum Gasteiger partial charge on any atom is -0.464 e. The van der Waals surface area contributed by atoms with Gasteiger partial charge in [-0.3, -0.25) is 0 Å². The molecule has 1 rings (SSSR count). The van der Waals surface area contributed by atoms with Gasteiger partial charge >= 0.3 is 5.97 Å². The lowest BCUT2D eigenvalue weighted by atomic mass is 10.4. The topological polar surface area (TPSA) is 104 Å². The van der Waals surface area contributed by atoms with Gasteiger partial charge in [-0.2, -0.15) is 0 Å². The molecule has 0 amide bonds. The van der Waals surface area contributed by atoms with Crippen molar-refractivity contribution in [3.05, 3.63) is 11.5 Å². The summed E-state index contributed by atoms with van der Waals surface area (Å²) in [5, 5.41) is 0. The first-order valence-corrected chi connectivity index (χ1v) is 7.47. The smallest absolute Gasteiger partial charge is 0.360 e. The highest BCUT2D eigenvalue weighted by Gasteiger charge is 2.20. The van der Waals surface area contributed by atoms with Gasteiger partial charge < -0.3 is 15.0 Å². The summed E-state index contributed by atoms with van der Waals surface area (Å²) in [5.74, 6) is 0.0282. The number of carbonyl (C=O) groups excluding carboxylic acids is 1. The second kappa shape index (κ2) is 5.38. The van der Waals surface area contributed by atoms with Crippen molar-refractivity contribution >= 4 is 21.6 Å². The second-order valence-electron chi connectivity index (χ2n) is 3.89. The van der Waals surface area contributed by atoms with E-state index in [4.69, 9.17) is 5.73 Å². The molecule has 0 aliphatic heterocycles. The number of aromatic nitrogens is 2. The third kappa shape index (κ3) is 3.22. The van der Waals surface area contributed by atoms with Crippen LogP contribution < -0.4 is 5.73 Å². The van der Waals surface area contributed by atoms with E-state index in [0.29, 0.717) is 12.2 Å². The summed E-state index contributed by atoms with van der Waals surface area (Å²) in [7, 11) is -1.86. The number of hydrogen-bond donors (Lipinski definition) is 1. The number of imidazole rings is 1. The van der Waals surface area contributed by atoms with Crippen molar-refractivity contribution < 1.29 is 17.9 Å². The quantitative estimate of drug-likeness (QED) is 0.750. The molecule has 0 atom stereocenters. The molecule has 2 N–H and O–H groups in total. The number of anilines is 1. The highest BCUT2D eigenvalue weighted by Crippen LogP contribution is 2.16. The largest absolute Gasteiger partial charge is 0.464 e. The van der Waals surface area contributed by atoms with Gasteiger partial charge in [0.15, 0.2) is 5.69 Å². The predicted octanol–water partition coefficient (Wildman–Crippen LogP) is -0.141. The number of methoxy groups -OCH3 is 1. The molecule has 1 aromatic heterocycles. The average molecular weight is 275 g/mol. The van der Waals surface area contributed by atoms with Gasteiger partial charge in [-0.05, 0) is 0 Å². The fourth-order valence-corrected chi connectivity index (χ4v) is 2.05. The maximum atomic E-state index is 11.4. The number of carbonyl (C=O) groups is 1. The Kier molecular flexibility index (Phi) is 4.33. The standard InChI is InChI=1S/C10H17N3O4S/c1-4-7-12-8(10(14)17-2)9(11)13(7)5-6-18(3,15)16/h4-6,11H2,1-3H3. The molecule has 0 saturated carbocycles. The molecule has 7 nitrogen and oxygen atoms in total. The lowest BCUT2D eigenvalue weighted by Gasteiger charge is -2.07. The first kappa shape index (κ1) is 14.5. The number of ether oxygens (including phenoxy) is 1. The minimum atomic E-state index is -3.10. The average Bonchev–Trinajstić information content (AvgIpc) is 2.61. The Morgan fingerprint density at radius 1 is 1.50 bits per heavy atom. The molecule has 0 unspecified atom stereocenters. The van der Waals surface area contributed by atoms with Gasteiger partial charge in [0.1, 0.15) is 21.5 Å². The number of rotatable bonds is 5. The summed E-state index contributed by atoms with van der Waals surface area (Å²) < 4.78 is 28.4. The molecule has 0 saturated heterocycles. The van der Waals surface area contributed by atoms with E-state index in [-0.39, 0.29) is 23.8 Å². The van der Waals surface area contributed by atoms with E-state index in [1.54, 1.807) is 0 Å². The van der Waals surface area contributed by atoms with Crippen molar-refractivity contribution in [3.8, 4) is 0 Å². The maximum absolute atomic E-state index is 11.4. The molecule has 18 heavy (non-hydrogen) atoms. The van der Waals surface area contributed by atoms with Gasteiger partial charge in [-0.15, -0.1) is 0 Å². The molecule has 0 aromatic carbocycles. The van der Waals surface area contributed by atoms with E-state index in [1.807, 2.05) is 6.92 Å². The summed E-state index contributed by atoms with van der Waals surface area (Å²) in [4.78, 5) is 15.5. The van der Waals surface area contributed by atoms with Crippen molar-refractivity contribution in [1.29, 1.82) is 0 Å². The lowest BCUT2D eigenvalue weighted by molar-refractivity contribution is 0.0595. The van der Waals surface area contributed by atoms with Gasteiger partial charge in [0.05, 0.1) is 12.9 Å². The van der Waals surface area contributed by atoms with Crippen LogP contribution in [0.25, 0.3) is 0 Å². The van der Waals surface area contributed by atoms with Gasteiger partial charge in [0, 0.05) is 19.2 Å². The van der Waals surface area contributed by atoms with Gasteiger partial charge in [-0.25, -0.2) is 18.2 Å². The van der Waals surface area contributed by atoms with Gasteiger partial charge in [-0.1, -0.05) is 6.92 Å². The minimum absolute atomic E-state index is 0.0304. The number of esters is 1. The van der Waals surface area contributed by atoms with Crippen LogP contribution in [0.3, 0.4) is 0 Å². The monoisotopic (exact) mass is 275 g/mol. The van der Waals surface area contributed by atoms with E-state index in [9.17, 15) is 13.2 Å². The molecule has 0 aliphatic rings. The Bertz CT molecular complexity index is 548. The summed E-state index contributed by atoms with van der Waals surface area (Å²) in [6, 6.07) is 0. The number of aryl methyl sites for hydroxylation is 1. The molecule has 1 heterocycles. The SMILES string of the molecule is CCc1nc(C(=O)OC)c(N)n1CCS(C)(=O)=O. The first-order chi connectivity index (χ1) is 8.30. The van der Waals surface area contributed by atoms with E-state index in [2.05, 4.69) is 9.72 Å². The van der Waals surface area contributed by atoms with Crippen molar-refractivity contribution in [1.82, 2.24) is 9.55 Å². The van der Waals surface area contributed by atoms with Crippen LogP contribution in [0.5, 0.6) is 0 Å². The van der Waals surface area contributed by atoms with E-state index in [1.165, 1.54) is 11.7 Å². The van der Waals surface area contributed by atoms with Crippen molar-refractivity contribution in [2.24, 2.45) is 0 Å². The molecule has 0 radical (unpaired) electrons. The number of sulfone groups is 1. The summed E-state index contributed by atoms with van der Waals surface area (Å²) in [6.45, 7) is 2.03. The molecule has 102 valence electrons. The van der Waals surface area contributed by atoms with Crippen molar-refractivity contribution in [2.75, 3.05) is 24.9 Å². The molecule has 0 fully saturated rings. The fraction of sp³-hybridized carbons (Fsp3) is 0.600. The molecule has 1 aromatic rings. The van der Waals surface area contributed by atoms with E-state index < -0.39 is 15.8 Å². The third-order valence-electron chi connectivity index (χ3n) is 2.47. The molecule has 0 bridgehead atoms. The van der Waals surface area contributed by atoms with Crippen LogP contribution in [0.4, 0.5) is 5.82 Å². The Hall–Kier alpha value is -1.57. The molecule has 8 heteroatoms.